The number of likely N-dealkylation sites (tertiary alicyclic amines) is 1. The third-order valence-electron chi connectivity index (χ3n) is 5.43. The second kappa shape index (κ2) is 8.78. The number of nitrogens with one attached hydrogen (secondary N) is 1. The summed E-state index contributed by atoms with van der Waals surface area (Å²) in [4.78, 5) is 27.2. The number of rotatable bonds is 5. The lowest BCUT2D eigenvalue weighted by atomic mass is 9.89. The van der Waals surface area contributed by atoms with Gasteiger partial charge in [0.1, 0.15) is 0 Å². The lowest BCUT2D eigenvalue weighted by molar-refractivity contribution is 0.0785. The first-order chi connectivity index (χ1) is 13.8. The number of hydrogen-bond donors (Lipinski definition) is 2. The van der Waals surface area contributed by atoms with E-state index in [0.29, 0.717) is 37.3 Å². The van der Waals surface area contributed by atoms with Gasteiger partial charge < -0.3 is 16.0 Å². The molecule has 0 aromatic heterocycles. The van der Waals surface area contributed by atoms with Gasteiger partial charge in [-0.25, -0.2) is 0 Å². The van der Waals surface area contributed by atoms with E-state index in [0.717, 1.165) is 0 Å². The molecule has 5 nitrogen and oxygen atoms in total. The Hall–Kier alpha value is -2.66. The van der Waals surface area contributed by atoms with E-state index in [1.54, 1.807) is 24.3 Å². The molecule has 0 unspecified atom stereocenters. The maximum atomic E-state index is 13.0. The molecule has 29 heavy (non-hydrogen) atoms. The Morgan fingerprint density at radius 3 is 2.21 bits per heavy atom. The number of carbonyl (C=O) groups excluding carboxylic acids is 2. The van der Waals surface area contributed by atoms with Crippen molar-refractivity contribution in [3.8, 4) is 0 Å². The predicted octanol–water partition coefficient (Wildman–Crippen LogP) is 3.28. The zero-order valence-corrected chi connectivity index (χ0v) is 17.5. The second-order valence-electron chi connectivity index (χ2n) is 9.04. The highest BCUT2D eigenvalue weighted by Crippen LogP contribution is 2.32. The molecule has 3 rings (SSSR count). The second-order valence-corrected chi connectivity index (χ2v) is 9.04. The van der Waals surface area contributed by atoms with Crippen LogP contribution in [0.3, 0.4) is 0 Å². The third kappa shape index (κ3) is 5.24. The van der Waals surface area contributed by atoms with Gasteiger partial charge in [-0.15, -0.1) is 0 Å². The van der Waals surface area contributed by atoms with Crippen LogP contribution in [0.1, 0.15) is 53.0 Å². The molecular weight excluding hydrogens is 362 g/mol. The predicted molar refractivity (Wildman–Crippen MR) is 116 cm³/mol. The minimum absolute atomic E-state index is 0.0106. The molecule has 2 atom stereocenters. The van der Waals surface area contributed by atoms with Gasteiger partial charge in [-0.05, 0) is 47.7 Å². The highest BCUT2D eigenvalue weighted by Gasteiger charge is 2.35. The molecule has 2 aromatic rings. The number of amides is 2. The van der Waals surface area contributed by atoms with E-state index < -0.39 is 0 Å². The summed E-state index contributed by atoms with van der Waals surface area (Å²) in [5.74, 6) is 0.382. The van der Waals surface area contributed by atoms with E-state index in [2.05, 4.69) is 38.2 Å². The van der Waals surface area contributed by atoms with E-state index in [1.165, 1.54) is 5.56 Å². The summed E-state index contributed by atoms with van der Waals surface area (Å²) in [6.07, 6.45) is 0. The third-order valence-corrected chi connectivity index (χ3v) is 5.43. The van der Waals surface area contributed by atoms with E-state index >= 15 is 0 Å². The van der Waals surface area contributed by atoms with Crippen LogP contribution >= 0.6 is 0 Å². The standard InChI is InChI=1S/C24H31N3O2/c1-24(2,3)16-26-22(28)18-9-11-19(12-10-18)23(29)27-14-20(13-25)21(15-27)17-7-5-4-6-8-17/h4-12,20-21H,13-16,25H2,1-3H3,(H,26,28)/t20-,21+/m1/s1. The molecule has 1 heterocycles. The molecule has 0 bridgehead atoms. The van der Waals surface area contributed by atoms with Crippen molar-refractivity contribution in [2.75, 3.05) is 26.2 Å². The molecule has 1 fully saturated rings. The quantitative estimate of drug-likeness (QED) is 0.819. The largest absolute Gasteiger partial charge is 0.352 e. The Labute approximate surface area is 173 Å². The van der Waals surface area contributed by atoms with Gasteiger partial charge in [0.2, 0.25) is 0 Å². The summed E-state index contributed by atoms with van der Waals surface area (Å²) < 4.78 is 0. The van der Waals surface area contributed by atoms with Crippen molar-refractivity contribution < 1.29 is 9.59 Å². The fourth-order valence-electron chi connectivity index (χ4n) is 3.75. The summed E-state index contributed by atoms with van der Waals surface area (Å²) >= 11 is 0. The first-order valence-electron chi connectivity index (χ1n) is 10.2. The minimum Gasteiger partial charge on any atom is -0.352 e. The van der Waals surface area contributed by atoms with Crippen LogP contribution < -0.4 is 11.1 Å². The SMILES string of the molecule is CC(C)(C)CNC(=O)c1ccc(C(=O)N2C[C@@H](CN)[C@H](c3ccccc3)C2)cc1. The lowest BCUT2D eigenvalue weighted by Gasteiger charge is -2.19. The van der Waals surface area contributed by atoms with Crippen molar-refractivity contribution >= 4 is 11.8 Å². The van der Waals surface area contributed by atoms with Crippen molar-refractivity contribution in [2.24, 2.45) is 17.1 Å². The van der Waals surface area contributed by atoms with Crippen LogP contribution in [0.2, 0.25) is 0 Å². The van der Waals surface area contributed by atoms with Crippen LogP contribution in [0.5, 0.6) is 0 Å². The summed E-state index contributed by atoms with van der Waals surface area (Å²) in [5.41, 5.74) is 8.41. The summed E-state index contributed by atoms with van der Waals surface area (Å²) in [7, 11) is 0. The smallest absolute Gasteiger partial charge is 0.253 e. The summed E-state index contributed by atoms with van der Waals surface area (Å²) in [6, 6.07) is 17.2. The summed E-state index contributed by atoms with van der Waals surface area (Å²) in [6.45, 7) is 8.69. The van der Waals surface area contributed by atoms with Crippen molar-refractivity contribution in [1.29, 1.82) is 0 Å². The van der Waals surface area contributed by atoms with E-state index in [-0.39, 0.29) is 29.1 Å². The topological polar surface area (TPSA) is 75.4 Å². The maximum absolute atomic E-state index is 13.0. The molecule has 1 saturated heterocycles. The van der Waals surface area contributed by atoms with Crippen LogP contribution in [0.4, 0.5) is 0 Å². The highest BCUT2D eigenvalue weighted by molar-refractivity contribution is 5.98. The zero-order chi connectivity index (χ0) is 21.0. The van der Waals surface area contributed by atoms with Gasteiger partial charge >= 0.3 is 0 Å². The van der Waals surface area contributed by atoms with Gasteiger partial charge in [-0.1, -0.05) is 51.1 Å². The molecule has 2 aromatic carbocycles. The van der Waals surface area contributed by atoms with Gasteiger partial charge in [0.25, 0.3) is 11.8 Å². The van der Waals surface area contributed by atoms with E-state index in [9.17, 15) is 9.59 Å². The molecule has 2 amide bonds. The van der Waals surface area contributed by atoms with Gasteiger partial charge in [0.05, 0.1) is 0 Å². The van der Waals surface area contributed by atoms with Crippen molar-refractivity contribution in [3.05, 3.63) is 71.3 Å². The van der Waals surface area contributed by atoms with Crippen LogP contribution in [0.15, 0.2) is 54.6 Å². The molecule has 3 N–H and O–H groups in total. The Morgan fingerprint density at radius 2 is 1.62 bits per heavy atom. The Morgan fingerprint density at radius 1 is 1.00 bits per heavy atom. The molecule has 0 aliphatic carbocycles. The maximum Gasteiger partial charge on any atom is 0.253 e. The molecule has 154 valence electrons. The number of hydrogen-bond acceptors (Lipinski definition) is 3. The molecule has 0 saturated carbocycles. The fraction of sp³-hybridized carbons (Fsp3) is 0.417. The molecular formula is C24H31N3O2. The van der Waals surface area contributed by atoms with Crippen molar-refractivity contribution in [1.82, 2.24) is 10.2 Å². The average molecular weight is 394 g/mol. The first kappa shape index (κ1) is 21.1. The molecule has 5 heteroatoms. The highest BCUT2D eigenvalue weighted by atomic mass is 16.2. The molecule has 0 spiro atoms. The number of nitrogens with two attached hydrogens (primary N) is 1. The zero-order valence-electron chi connectivity index (χ0n) is 17.5. The van der Waals surface area contributed by atoms with Crippen LogP contribution in [0.25, 0.3) is 0 Å². The monoisotopic (exact) mass is 393 g/mol. The Kier molecular flexibility index (Phi) is 6.38. The van der Waals surface area contributed by atoms with E-state index in [4.69, 9.17) is 5.73 Å². The average Bonchev–Trinajstić information content (AvgIpc) is 3.16. The molecule has 1 aliphatic rings. The van der Waals surface area contributed by atoms with Gasteiger partial charge in [0.15, 0.2) is 0 Å². The fourth-order valence-corrected chi connectivity index (χ4v) is 3.75. The Balaban J connectivity index is 1.67. The number of nitrogens with zero attached hydrogens (tertiary/aromatic N) is 1. The van der Waals surface area contributed by atoms with Crippen molar-refractivity contribution in [3.63, 3.8) is 0 Å². The number of benzene rings is 2. The van der Waals surface area contributed by atoms with Crippen LogP contribution in [0, 0.1) is 11.3 Å². The van der Waals surface area contributed by atoms with Crippen LogP contribution in [-0.4, -0.2) is 42.9 Å². The number of carbonyl (C=O) groups is 2. The molecule has 0 radical (unpaired) electrons. The van der Waals surface area contributed by atoms with Gasteiger partial charge in [-0.3, -0.25) is 9.59 Å². The minimum atomic E-state index is -0.118. The van der Waals surface area contributed by atoms with Crippen LogP contribution in [-0.2, 0) is 0 Å². The normalized spacial score (nSPS) is 19.2. The molecule has 1 aliphatic heterocycles. The lowest BCUT2D eigenvalue weighted by Crippen LogP contribution is -2.32. The van der Waals surface area contributed by atoms with E-state index in [1.807, 2.05) is 23.1 Å². The van der Waals surface area contributed by atoms with Gasteiger partial charge in [0, 0.05) is 36.7 Å². The Bertz CT molecular complexity index is 841. The first-order valence-corrected chi connectivity index (χ1v) is 10.2. The van der Waals surface area contributed by atoms with Gasteiger partial charge in [-0.2, -0.15) is 0 Å². The summed E-state index contributed by atoms with van der Waals surface area (Å²) in [5, 5.41) is 2.93. The van der Waals surface area contributed by atoms with Crippen molar-refractivity contribution in [2.45, 2.75) is 26.7 Å².